The quantitative estimate of drug-likeness (QED) is 0.612. The Labute approximate surface area is 144 Å². The smallest absolute Gasteiger partial charge is 0.315 e. The van der Waals surface area contributed by atoms with Crippen LogP contribution in [0.5, 0.6) is 0 Å². The van der Waals surface area contributed by atoms with Crippen LogP contribution in [0.4, 0.5) is 9.18 Å². The number of fused-ring (bicyclic) bond motifs is 1. The number of urea groups is 1. The zero-order valence-corrected chi connectivity index (χ0v) is 13.6. The monoisotopic (exact) mass is 345 g/mol. The molecule has 1 aliphatic rings. The average Bonchev–Trinajstić information content (AvgIpc) is 3.07. The van der Waals surface area contributed by atoms with E-state index in [1.807, 2.05) is 0 Å². The molecule has 0 radical (unpaired) electrons. The topological polar surface area (TPSA) is 98.9 Å². The van der Waals surface area contributed by atoms with Crippen LogP contribution in [-0.2, 0) is 12.8 Å². The minimum absolute atomic E-state index is 0.0823. The van der Waals surface area contributed by atoms with Crippen LogP contribution in [0.3, 0.4) is 0 Å². The lowest BCUT2D eigenvalue weighted by Crippen LogP contribution is -2.46. The standard InChI is InChI=1S/C17H20FN5O2/c18-13-3-1-11(2-4-13)16(24)19-7-8-20-17(25)22-14-5-6-15-12(9-14)10-21-23-15/h1-4,10,14H,5-9H2,(H,19,24)(H,21,23)(H2,20,22,25). The van der Waals surface area contributed by atoms with Gasteiger partial charge in [-0.15, -0.1) is 0 Å². The first kappa shape index (κ1) is 16.9. The number of nitrogens with one attached hydrogen (secondary N) is 4. The third-order valence-electron chi connectivity index (χ3n) is 4.15. The molecule has 0 saturated heterocycles. The van der Waals surface area contributed by atoms with Gasteiger partial charge in [-0.2, -0.15) is 5.10 Å². The normalized spacial score (nSPS) is 16.0. The molecule has 0 spiro atoms. The van der Waals surface area contributed by atoms with E-state index in [9.17, 15) is 14.0 Å². The maximum absolute atomic E-state index is 12.8. The van der Waals surface area contributed by atoms with Gasteiger partial charge in [-0.05, 0) is 49.1 Å². The molecule has 3 rings (SSSR count). The SMILES string of the molecule is O=C(NCCNC(=O)c1ccc(F)cc1)NC1CCc2[nH]ncc2C1. The van der Waals surface area contributed by atoms with Crippen LogP contribution in [0.15, 0.2) is 30.5 Å². The summed E-state index contributed by atoms with van der Waals surface area (Å²) < 4.78 is 12.8. The number of carbonyl (C=O) groups is 2. The fourth-order valence-electron chi connectivity index (χ4n) is 2.83. The van der Waals surface area contributed by atoms with Gasteiger partial charge in [0.2, 0.25) is 0 Å². The maximum atomic E-state index is 12.8. The summed E-state index contributed by atoms with van der Waals surface area (Å²) in [4.78, 5) is 23.8. The minimum atomic E-state index is -0.389. The van der Waals surface area contributed by atoms with Crippen molar-refractivity contribution in [2.24, 2.45) is 0 Å². The summed E-state index contributed by atoms with van der Waals surface area (Å²) in [5.74, 6) is -0.692. The average molecular weight is 345 g/mol. The van der Waals surface area contributed by atoms with E-state index in [0.29, 0.717) is 18.7 Å². The Balaban J connectivity index is 1.34. The Morgan fingerprint density at radius 3 is 2.76 bits per heavy atom. The van der Waals surface area contributed by atoms with E-state index < -0.39 is 0 Å². The van der Waals surface area contributed by atoms with Crippen LogP contribution in [0, 0.1) is 5.82 Å². The fourth-order valence-corrected chi connectivity index (χ4v) is 2.83. The van der Waals surface area contributed by atoms with Gasteiger partial charge in [0, 0.05) is 30.4 Å². The highest BCUT2D eigenvalue weighted by Gasteiger charge is 2.21. The lowest BCUT2D eigenvalue weighted by molar-refractivity contribution is 0.0953. The number of nitrogens with zero attached hydrogens (tertiary/aromatic N) is 1. The van der Waals surface area contributed by atoms with Gasteiger partial charge in [0.1, 0.15) is 5.82 Å². The Bertz CT molecular complexity index is 744. The number of benzene rings is 1. The predicted molar refractivity (Wildman–Crippen MR) is 89.7 cm³/mol. The predicted octanol–water partition coefficient (Wildman–Crippen LogP) is 1.14. The number of aromatic amines is 1. The van der Waals surface area contributed by atoms with Crippen molar-refractivity contribution in [1.29, 1.82) is 0 Å². The molecular weight excluding hydrogens is 325 g/mol. The number of halogens is 1. The number of aromatic nitrogens is 2. The van der Waals surface area contributed by atoms with E-state index in [1.54, 1.807) is 6.20 Å². The van der Waals surface area contributed by atoms with Gasteiger partial charge in [-0.1, -0.05) is 0 Å². The number of carbonyl (C=O) groups excluding carboxylic acids is 2. The van der Waals surface area contributed by atoms with Crippen molar-refractivity contribution in [2.45, 2.75) is 25.3 Å². The van der Waals surface area contributed by atoms with Crippen molar-refractivity contribution < 1.29 is 14.0 Å². The van der Waals surface area contributed by atoms with Gasteiger partial charge in [0.25, 0.3) is 5.91 Å². The molecular formula is C17H20FN5O2. The van der Waals surface area contributed by atoms with Crippen molar-refractivity contribution in [3.8, 4) is 0 Å². The fraction of sp³-hybridized carbons (Fsp3) is 0.353. The molecule has 0 fully saturated rings. The molecule has 1 atom stereocenters. The van der Waals surface area contributed by atoms with Crippen LogP contribution >= 0.6 is 0 Å². The zero-order valence-electron chi connectivity index (χ0n) is 13.6. The van der Waals surface area contributed by atoms with Crippen molar-refractivity contribution in [3.05, 3.63) is 53.1 Å². The third-order valence-corrected chi connectivity index (χ3v) is 4.15. The largest absolute Gasteiger partial charge is 0.350 e. The first-order chi connectivity index (χ1) is 12.1. The van der Waals surface area contributed by atoms with Gasteiger partial charge in [0.15, 0.2) is 0 Å². The van der Waals surface area contributed by atoms with E-state index in [4.69, 9.17) is 0 Å². The van der Waals surface area contributed by atoms with E-state index in [0.717, 1.165) is 30.5 Å². The maximum Gasteiger partial charge on any atom is 0.315 e. The molecule has 0 saturated carbocycles. The van der Waals surface area contributed by atoms with Crippen LogP contribution in [0.2, 0.25) is 0 Å². The summed E-state index contributed by atoms with van der Waals surface area (Å²) >= 11 is 0. The van der Waals surface area contributed by atoms with Crippen molar-refractivity contribution in [1.82, 2.24) is 26.1 Å². The van der Waals surface area contributed by atoms with Gasteiger partial charge < -0.3 is 16.0 Å². The van der Waals surface area contributed by atoms with Crippen LogP contribution < -0.4 is 16.0 Å². The van der Waals surface area contributed by atoms with Crippen molar-refractivity contribution in [2.75, 3.05) is 13.1 Å². The van der Waals surface area contributed by atoms with Crippen molar-refractivity contribution >= 4 is 11.9 Å². The molecule has 4 N–H and O–H groups in total. The molecule has 25 heavy (non-hydrogen) atoms. The summed E-state index contributed by atoms with van der Waals surface area (Å²) in [6.07, 6.45) is 4.30. The Morgan fingerprint density at radius 2 is 1.96 bits per heavy atom. The summed E-state index contributed by atoms with van der Waals surface area (Å²) in [6.45, 7) is 0.600. The molecule has 0 bridgehead atoms. The number of amides is 3. The Kier molecular flexibility index (Phi) is 5.27. The molecule has 132 valence electrons. The number of rotatable bonds is 5. The van der Waals surface area contributed by atoms with E-state index in [1.165, 1.54) is 24.3 Å². The second-order valence-corrected chi connectivity index (χ2v) is 5.98. The number of H-pyrrole nitrogens is 1. The molecule has 0 aliphatic heterocycles. The molecule has 1 heterocycles. The number of hydrogen-bond donors (Lipinski definition) is 4. The van der Waals surface area contributed by atoms with Crippen LogP contribution in [0.25, 0.3) is 0 Å². The molecule has 8 heteroatoms. The van der Waals surface area contributed by atoms with E-state index in [2.05, 4.69) is 26.1 Å². The highest BCUT2D eigenvalue weighted by Crippen LogP contribution is 2.18. The Morgan fingerprint density at radius 1 is 1.20 bits per heavy atom. The van der Waals surface area contributed by atoms with Crippen LogP contribution in [-0.4, -0.2) is 41.3 Å². The van der Waals surface area contributed by atoms with E-state index in [-0.39, 0.29) is 23.8 Å². The van der Waals surface area contributed by atoms with Crippen molar-refractivity contribution in [3.63, 3.8) is 0 Å². The Hall–Kier alpha value is -2.90. The highest BCUT2D eigenvalue weighted by molar-refractivity contribution is 5.94. The summed E-state index contributed by atoms with van der Waals surface area (Å²) in [5, 5.41) is 15.3. The third kappa shape index (κ3) is 4.56. The number of hydrogen-bond acceptors (Lipinski definition) is 3. The summed E-state index contributed by atoms with van der Waals surface area (Å²) in [6, 6.07) is 5.12. The summed E-state index contributed by atoms with van der Waals surface area (Å²) in [7, 11) is 0. The first-order valence-electron chi connectivity index (χ1n) is 8.21. The molecule has 1 aromatic heterocycles. The molecule has 1 aromatic carbocycles. The van der Waals surface area contributed by atoms with Gasteiger partial charge in [0.05, 0.1) is 6.20 Å². The second kappa shape index (κ2) is 7.78. The number of aryl methyl sites for hydroxylation is 1. The lowest BCUT2D eigenvalue weighted by Gasteiger charge is -2.23. The zero-order chi connectivity index (χ0) is 17.6. The van der Waals surface area contributed by atoms with Gasteiger partial charge in [-0.3, -0.25) is 9.89 Å². The first-order valence-corrected chi connectivity index (χ1v) is 8.21. The molecule has 2 aromatic rings. The molecule has 3 amide bonds. The second-order valence-electron chi connectivity index (χ2n) is 5.98. The molecule has 7 nitrogen and oxygen atoms in total. The van der Waals surface area contributed by atoms with Gasteiger partial charge >= 0.3 is 6.03 Å². The molecule has 1 aliphatic carbocycles. The van der Waals surface area contributed by atoms with Gasteiger partial charge in [-0.25, -0.2) is 9.18 Å². The molecule has 1 unspecified atom stereocenters. The van der Waals surface area contributed by atoms with E-state index >= 15 is 0 Å². The summed E-state index contributed by atoms with van der Waals surface area (Å²) in [5.41, 5.74) is 2.66. The highest BCUT2D eigenvalue weighted by atomic mass is 19.1. The lowest BCUT2D eigenvalue weighted by atomic mass is 9.94. The minimum Gasteiger partial charge on any atom is -0.350 e. The van der Waals surface area contributed by atoms with Crippen LogP contribution in [0.1, 0.15) is 28.0 Å².